The molecular formula is C38H38Cl2N4O2. The van der Waals surface area contributed by atoms with Gasteiger partial charge in [0.25, 0.3) is 0 Å². The van der Waals surface area contributed by atoms with E-state index in [9.17, 15) is 10.2 Å². The lowest BCUT2D eigenvalue weighted by atomic mass is 9.88. The maximum atomic E-state index is 9.68. The fraction of sp³-hybridized carbons (Fsp3) is 0.263. The van der Waals surface area contributed by atoms with Crippen LogP contribution in [0.2, 0.25) is 10.0 Å². The van der Waals surface area contributed by atoms with E-state index >= 15 is 0 Å². The summed E-state index contributed by atoms with van der Waals surface area (Å²) in [7, 11) is 0. The highest BCUT2D eigenvalue weighted by molar-refractivity contribution is 6.30. The van der Waals surface area contributed by atoms with E-state index in [1.54, 1.807) is 0 Å². The summed E-state index contributed by atoms with van der Waals surface area (Å²) < 4.78 is 0. The number of azo groups is 2. The molecule has 0 aliphatic carbocycles. The molecule has 4 atom stereocenters. The van der Waals surface area contributed by atoms with Gasteiger partial charge in [-0.3, -0.25) is 0 Å². The molecule has 0 amide bonds. The van der Waals surface area contributed by atoms with Crippen molar-refractivity contribution in [1.29, 1.82) is 0 Å². The Morgan fingerprint density at radius 1 is 0.565 bits per heavy atom. The first-order chi connectivity index (χ1) is 22.5. The molecule has 0 aromatic heterocycles. The number of hydrogen-bond donors (Lipinski definition) is 2. The molecule has 2 heterocycles. The van der Waals surface area contributed by atoms with Crippen LogP contribution >= 0.6 is 23.2 Å². The Morgan fingerprint density at radius 3 is 1.28 bits per heavy atom. The monoisotopic (exact) mass is 652 g/mol. The van der Waals surface area contributed by atoms with Gasteiger partial charge in [-0.05, 0) is 70.5 Å². The van der Waals surface area contributed by atoms with Gasteiger partial charge < -0.3 is 10.2 Å². The number of rotatable bonds is 10. The molecule has 2 aliphatic heterocycles. The maximum absolute atomic E-state index is 9.68. The van der Waals surface area contributed by atoms with E-state index in [0.717, 1.165) is 32.3 Å². The summed E-state index contributed by atoms with van der Waals surface area (Å²) in [6.45, 7) is 1.45. The SMILES string of the molecule is OC/C(=C/c1ccccc1)C[C@@H]1N=NC[C@H]1c1ccc(Cl)cc1.OC/C(=C/c1ccccc1)C[C@@H]1N=NC[C@H]1c1ccc(Cl)cc1. The van der Waals surface area contributed by atoms with E-state index < -0.39 is 0 Å². The van der Waals surface area contributed by atoms with Gasteiger partial charge >= 0.3 is 0 Å². The smallest absolute Gasteiger partial charge is 0.0833 e. The lowest BCUT2D eigenvalue weighted by Gasteiger charge is -2.18. The van der Waals surface area contributed by atoms with E-state index in [-0.39, 0.29) is 37.1 Å². The van der Waals surface area contributed by atoms with E-state index in [1.807, 2.05) is 121 Å². The zero-order valence-corrected chi connectivity index (χ0v) is 27.1. The van der Waals surface area contributed by atoms with E-state index in [1.165, 1.54) is 11.1 Å². The van der Waals surface area contributed by atoms with Crippen LogP contribution in [-0.2, 0) is 0 Å². The Hall–Kier alpha value is -3.94. The normalized spacial score (nSPS) is 20.9. The van der Waals surface area contributed by atoms with Crippen molar-refractivity contribution in [1.82, 2.24) is 0 Å². The molecule has 0 saturated carbocycles. The Balaban J connectivity index is 0.000000181. The molecule has 46 heavy (non-hydrogen) atoms. The first-order valence-electron chi connectivity index (χ1n) is 15.5. The average Bonchev–Trinajstić information content (AvgIpc) is 3.76. The van der Waals surface area contributed by atoms with Crippen molar-refractivity contribution in [2.75, 3.05) is 26.3 Å². The topological polar surface area (TPSA) is 89.9 Å². The Morgan fingerprint density at radius 2 is 0.935 bits per heavy atom. The molecule has 6 rings (SSSR count). The first-order valence-corrected chi connectivity index (χ1v) is 16.2. The van der Waals surface area contributed by atoms with Crippen LogP contribution in [0.1, 0.15) is 46.9 Å². The third kappa shape index (κ3) is 9.54. The molecule has 8 heteroatoms. The standard InChI is InChI=1S/2C19H19ClN2O/c2*20-17-8-6-16(7-9-17)18-12-21-22-19(18)11-15(13-23)10-14-4-2-1-3-5-14/h2*1-10,18-19,23H,11-13H2/b2*15-10+/t2*18-,19-/m00/s1. The number of aliphatic hydroxyl groups is 2. The summed E-state index contributed by atoms with van der Waals surface area (Å²) in [5.74, 6) is 0.496. The predicted molar refractivity (Wildman–Crippen MR) is 188 cm³/mol. The molecule has 0 bridgehead atoms. The fourth-order valence-electron chi connectivity index (χ4n) is 5.77. The molecule has 0 unspecified atom stereocenters. The number of nitrogens with zero attached hydrogens (tertiary/aromatic N) is 4. The van der Waals surface area contributed by atoms with Gasteiger partial charge in [0, 0.05) is 21.9 Å². The van der Waals surface area contributed by atoms with Crippen LogP contribution in [0, 0.1) is 0 Å². The first kappa shape index (κ1) is 33.4. The molecule has 0 fully saturated rings. The van der Waals surface area contributed by atoms with Crippen molar-refractivity contribution in [3.8, 4) is 0 Å². The molecule has 0 spiro atoms. The van der Waals surface area contributed by atoms with Gasteiger partial charge in [0.15, 0.2) is 0 Å². The van der Waals surface area contributed by atoms with Gasteiger partial charge in [-0.15, -0.1) is 0 Å². The van der Waals surface area contributed by atoms with Gasteiger partial charge in [-0.2, -0.15) is 20.5 Å². The van der Waals surface area contributed by atoms with Crippen molar-refractivity contribution in [3.63, 3.8) is 0 Å². The summed E-state index contributed by atoms with van der Waals surface area (Å²) in [5, 5.41) is 38.0. The Kier molecular flexibility index (Phi) is 12.4. The Labute approximate surface area is 280 Å². The molecular weight excluding hydrogens is 615 g/mol. The van der Waals surface area contributed by atoms with Crippen LogP contribution in [0.15, 0.2) is 141 Å². The number of hydrogen-bond acceptors (Lipinski definition) is 6. The third-order valence-corrected chi connectivity index (χ3v) is 8.74. The highest BCUT2D eigenvalue weighted by atomic mass is 35.5. The van der Waals surface area contributed by atoms with E-state index in [2.05, 4.69) is 20.5 Å². The second-order valence-corrected chi connectivity index (χ2v) is 12.4. The highest BCUT2D eigenvalue weighted by Gasteiger charge is 2.29. The molecule has 4 aromatic rings. The second-order valence-electron chi connectivity index (χ2n) is 11.5. The minimum absolute atomic E-state index is 0.0360. The van der Waals surface area contributed by atoms with Crippen LogP contribution in [-0.4, -0.2) is 48.6 Å². The minimum Gasteiger partial charge on any atom is -0.392 e. The molecule has 2 aliphatic rings. The minimum atomic E-state index is 0.0360. The predicted octanol–water partition coefficient (Wildman–Crippen LogP) is 9.45. The third-order valence-electron chi connectivity index (χ3n) is 8.23. The zero-order valence-electron chi connectivity index (χ0n) is 25.5. The van der Waals surface area contributed by atoms with Crippen LogP contribution in [0.25, 0.3) is 12.2 Å². The number of aliphatic hydroxyl groups excluding tert-OH is 2. The summed E-state index contributed by atoms with van der Waals surface area (Å²) in [6.07, 6.45) is 5.49. The maximum Gasteiger partial charge on any atom is 0.0833 e. The van der Waals surface area contributed by atoms with Crippen LogP contribution in [0.4, 0.5) is 0 Å². The van der Waals surface area contributed by atoms with Crippen molar-refractivity contribution >= 4 is 35.4 Å². The second kappa shape index (κ2) is 17.1. The summed E-state index contributed by atoms with van der Waals surface area (Å²) >= 11 is 11.9. The van der Waals surface area contributed by atoms with Crippen molar-refractivity contribution in [2.45, 2.75) is 36.8 Å². The molecule has 236 valence electrons. The summed E-state index contributed by atoms with van der Waals surface area (Å²) in [4.78, 5) is 0. The fourth-order valence-corrected chi connectivity index (χ4v) is 6.02. The lowest BCUT2D eigenvalue weighted by Crippen LogP contribution is -2.16. The number of halogens is 2. The number of benzene rings is 4. The van der Waals surface area contributed by atoms with Crippen LogP contribution in [0.3, 0.4) is 0 Å². The van der Waals surface area contributed by atoms with Gasteiger partial charge in [0.05, 0.1) is 38.4 Å². The average molecular weight is 654 g/mol. The molecule has 0 radical (unpaired) electrons. The zero-order chi connectivity index (χ0) is 32.1. The van der Waals surface area contributed by atoms with E-state index in [0.29, 0.717) is 25.9 Å². The Bertz CT molecular complexity index is 1520. The van der Waals surface area contributed by atoms with Gasteiger partial charge in [-0.25, -0.2) is 0 Å². The van der Waals surface area contributed by atoms with Crippen molar-refractivity contribution in [3.05, 3.63) is 153 Å². The quantitative estimate of drug-likeness (QED) is 0.179. The van der Waals surface area contributed by atoms with Crippen molar-refractivity contribution in [2.24, 2.45) is 20.5 Å². The van der Waals surface area contributed by atoms with Gasteiger partial charge in [0.1, 0.15) is 0 Å². The van der Waals surface area contributed by atoms with Crippen LogP contribution < -0.4 is 0 Å². The summed E-state index contributed by atoms with van der Waals surface area (Å²) in [5.41, 5.74) is 6.52. The van der Waals surface area contributed by atoms with Crippen molar-refractivity contribution < 1.29 is 10.2 Å². The van der Waals surface area contributed by atoms with Gasteiger partial charge in [-0.1, -0.05) is 120 Å². The van der Waals surface area contributed by atoms with Crippen LogP contribution in [0.5, 0.6) is 0 Å². The lowest BCUT2D eigenvalue weighted by molar-refractivity contribution is 0.324. The molecule has 4 aromatic carbocycles. The molecule has 2 N–H and O–H groups in total. The summed E-state index contributed by atoms with van der Waals surface area (Å²) in [6, 6.07) is 36.0. The largest absolute Gasteiger partial charge is 0.392 e. The highest BCUT2D eigenvalue weighted by Crippen LogP contribution is 2.34. The van der Waals surface area contributed by atoms with Gasteiger partial charge in [0.2, 0.25) is 0 Å². The molecule has 0 saturated heterocycles. The van der Waals surface area contributed by atoms with E-state index in [4.69, 9.17) is 23.2 Å². The molecule has 6 nitrogen and oxygen atoms in total.